The quantitative estimate of drug-likeness (QED) is 0.646. The number of aliphatic hydroxyl groups is 2. The monoisotopic (exact) mass is 488 g/mol. The number of halogens is 2. The van der Waals surface area contributed by atoms with E-state index in [1.165, 1.54) is 18.2 Å². The van der Waals surface area contributed by atoms with Gasteiger partial charge in [-0.15, -0.1) is 0 Å². The van der Waals surface area contributed by atoms with Gasteiger partial charge in [-0.3, -0.25) is 0 Å². The molecule has 2 atom stereocenters. The first kappa shape index (κ1) is 23.6. The minimum absolute atomic E-state index is 0.0759. The predicted molar refractivity (Wildman–Crippen MR) is 109 cm³/mol. The number of aliphatic hydroxyl groups excluding tert-OH is 1. The molecule has 0 radical (unpaired) electrons. The number of hydrogen-bond donors (Lipinski definition) is 2. The Balaban J connectivity index is 2.04. The number of sulfone groups is 1. The zero-order chi connectivity index (χ0) is 23.2. The topological polar surface area (TPSA) is 136 Å². The average molecular weight is 489 g/mol. The van der Waals surface area contributed by atoms with E-state index in [1.807, 2.05) is 0 Å². The Bertz CT molecular complexity index is 1290. The zero-order valence-corrected chi connectivity index (χ0v) is 18.5. The highest BCUT2D eigenvalue weighted by atomic mass is 35.5. The molecule has 0 unspecified atom stereocenters. The second-order valence-electron chi connectivity index (χ2n) is 7.28. The van der Waals surface area contributed by atoms with Gasteiger partial charge >= 0.3 is 0 Å². The van der Waals surface area contributed by atoms with Crippen LogP contribution in [0.2, 0.25) is 5.02 Å². The molecule has 8 nitrogen and oxygen atoms in total. The Morgan fingerprint density at radius 3 is 2.48 bits per heavy atom. The van der Waals surface area contributed by atoms with Crippen molar-refractivity contribution in [3.63, 3.8) is 0 Å². The Morgan fingerprint density at radius 1 is 1.26 bits per heavy atom. The van der Waals surface area contributed by atoms with Gasteiger partial charge in [-0.1, -0.05) is 17.7 Å². The Hall–Kier alpha value is -2.07. The summed E-state index contributed by atoms with van der Waals surface area (Å²) in [5.74, 6) is -1.08. The van der Waals surface area contributed by atoms with Crippen molar-refractivity contribution in [2.45, 2.75) is 27.6 Å². The highest BCUT2D eigenvalue weighted by molar-refractivity contribution is 7.92. The van der Waals surface area contributed by atoms with E-state index in [4.69, 9.17) is 16.9 Å². The lowest BCUT2D eigenvalue weighted by molar-refractivity contribution is 0.00159. The van der Waals surface area contributed by atoms with Crippen LogP contribution in [-0.4, -0.2) is 61.9 Å². The Labute approximate surface area is 184 Å². The SMILES string of the molecule is Cc1ccc(S(=O)(=O)N2C[C@H](S(=O)(=O)c3ccc(C#N)c(F)c3)[C@](O)(CO)C2)c(Cl)c1. The van der Waals surface area contributed by atoms with Gasteiger partial charge in [0.05, 0.1) is 22.1 Å². The average Bonchev–Trinajstić information content (AvgIpc) is 3.07. The summed E-state index contributed by atoms with van der Waals surface area (Å²) in [6.07, 6.45) is 0. The molecule has 3 rings (SSSR count). The number of benzene rings is 2. The normalized spacial score (nSPS) is 22.4. The Morgan fingerprint density at radius 2 is 1.94 bits per heavy atom. The molecule has 2 aromatic rings. The third-order valence-corrected chi connectivity index (χ3v) is 9.70. The van der Waals surface area contributed by atoms with E-state index in [9.17, 15) is 31.4 Å². The summed E-state index contributed by atoms with van der Waals surface area (Å²) < 4.78 is 67.1. The minimum Gasteiger partial charge on any atom is -0.393 e. The van der Waals surface area contributed by atoms with E-state index in [2.05, 4.69) is 0 Å². The lowest BCUT2D eigenvalue weighted by atomic mass is 10.1. The molecule has 1 heterocycles. The molecule has 1 fully saturated rings. The summed E-state index contributed by atoms with van der Waals surface area (Å²) in [4.78, 5) is -0.823. The standard InChI is InChI=1S/C19H18ClFN2O6S2/c1-12-2-5-17(15(20)6-12)31(28,29)23-9-18(19(25,10-23)11-24)30(26,27)14-4-3-13(8-22)16(21)7-14/h2-7,18,24-25H,9-11H2,1H3/t18-,19+/m0/s1. The number of rotatable bonds is 5. The van der Waals surface area contributed by atoms with Crippen molar-refractivity contribution in [2.24, 2.45) is 0 Å². The van der Waals surface area contributed by atoms with Crippen LogP contribution in [0.1, 0.15) is 11.1 Å². The summed E-state index contributed by atoms with van der Waals surface area (Å²) in [7, 11) is -8.81. The number of aryl methyl sites for hydroxylation is 1. The third-order valence-electron chi connectivity index (χ3n) is 5.16. The van der Waals surface area contributed by atoms with Crippen molar-refractivity contribution in [3.05, 3.63) is 58.4 Å². The van der Waals surface area contributed by atoms with Gasteiger partial charge in [0, 0.05) is 13.1 Å². The molecule has 0 saturated carbocycles. The molecular weight excluding hydrogens is 471 g/mol. The van der Waals surface area contributed by atoms with Crippen LogP contribution in [-0.2, 0) is 19.9 Å². The van der Waals surface area contributed by atoms with Crippen LogP contribution in [0.25, 0.3) is 0 Å². The summed E-state index contributed by atoms with van der Waals surface area (Å²) in [5.41, 5.74) is -2.01. The molecule has 0 aliphatic carbocycles. The first-order chi connectivity index (χ1) is 14.4. The van der Waals surface area contributed by atoms with Crippen molar-refractivity contribution >= 4 is 31.5 Å². The predicted octanol–water partition coefficient (Wildman–Crippen LogP) is 1.23. The number of β-amino-alcohol motifs (C(OH)–C–C–N with tert-alkyl or cyclic N) is 1. The summed E-state index contributed by atoms with van der Waals surface area (Å²) in [6.45, 7) is -0.739. The summed E-state index contributed by atoms with van der Waals surface area (Å²) >= 11 is 6.06. The summed E-state index contributed by atoms with van der Waals surface area (Å²) in [6, 6.07) is 8.36. The molecule has 31 heavy (non-hydrogen) atoms. The van der Waals surface area contributed by atoms with Gasteiger partial charge < -0.3 is 10.2 Å². The third kappa shape index (κ3) is 4.07. The maximum Gasteiger partial charge on any atom is 0.244 e. The molecule has 0 bridgehead atoms. The Kier molecular flexibility index (Phi) is 6.18. The van der Waals surface area contributed by atoms with Gasteiger partial charge in [0.2, 0.25) is 10.0 Å². The number of nitrogens with zero attached hydrogens (tertiary/aromatic N) is 2. The highest BCUT2D eigenvalue weighted by Gasteiger charge is 2.55. The largest absolute Gasteiger partial charge is 0.393 e. The second kappa shape index (κ2) is 8.12. The summed E-state index contributed by atoms with van der Waals surface area (Å²) in [5, 5.41) is 27.5. The van der Waals surface area contributed by atoms with E-state index in [0.717, 1.165) is 16.4 Å². The van der Waals surface area contributed by atoms with Gasteiger partial charge in [0.25, 0.3) is 0 Å². The van der Waals surface area contributed by atoms with Crippen molar-refractivity contribution in [2.75, 3.05) is 19.7 Å². The van der Waals surface area contributed by atoms with Crippen molar-refractivity contribution in [1.29, 1.82) is 5.26 Å². The fraction of sp³-hybridized carbons (Fsp3) is 0.316. The minimum atomic E-state index is -4.50. The van der Waals surface area contributed by atoms with Crippen molar-refractivity contribution < 1.29 is 31.4 Å². The maximum atomic E-state index is 14.0. The van der Waals surface area contributed by atoms with Gasteiger partial charge in [-0.05, 0) is 42.8 Å². The molecular formula is C19H18ClFN2O6S2. The van der Waals surface area contributed by atoms with Crippen LogP contribution in [0, 0.1) is 24.1 Å². The van der Waals surface area contributed by atoms with E-state index < -0.39 is 61.1 Å². The van der Waals surface area contributed by atoms with Gasteiger partial charge in [0.1, 0.15) is 27.6 Å². The molecule has 1 aliphatic rings. The molecule has 166 valence electrons. The smallest absolute Gasteiger partial charge is 0.244 e. The van der Waals surface area contributed by atoms with E-state index >= 15 is 0 Å². The molecule has 0 spiro atoms. The van der Waals surface area contributed by atoms with Gasteiger partial charge in [-0.25, -0.2) is 21.2 Å². The van der Waals surface area contributed by atoms with Crippen LogP contribution in [0.3, 0.4) is 0 Å². The van der Waals surface area contributed by atoms with Crippen molar-refractivity contribution in [3.8, 4) is 6.07 Å². The number of sulfonamides is 1. The first-order valence-electron chi connectivity index (χ1n) is 8.90. The fourth-order valence-electron chi connectivity index (χ4n) is 3.43. The lowest BCUT2D eigenvalue weighted by Gasteiger charge is -2.26. The molecule has 0 aromatic heterocycles. The molecule has 12 heteroatoms. The van der Waals surface area contributed by atoms with Crippen molar-refractivity contribution in [1.82, 2.24) is 4.31 Å². The molecule has 1 aliphatic heterocycles. The van der Waals surface area contributed by atoms with Crippen LogP contribution in [0.5, 0.6) is 0 Å². The van der Waals surface area contributed by atoms with E-state index in [1.54, 1.807) is 13.0 Å². The van der Waals surface area contributed by atoms with Crippen LogP contribution in [0.15, 0.2) is 46.2 Å². The van der Waals surface area contributed by atoms with Crippen LogP contribution >= 0.6 is 11.6 Å². The fourth-order valence-corrected chi connectivity index (χ4v) is 7.57. The van der Waals surface area contributed by atoms with E-state index in [0.29, 0.717) is 11.6 Å². The number of nitriles is 1. The molecule has 0 amide bonds. The van der Waals surface area contributed by atoms with E-state index in [-0.39, 0.29) is 15.5 Å². The molecule has 2 aromatic carbocycles. The highest BCUT2D eigenvalue weighted by Crippen LogP contribution is 2.36. The maximum absolute atomic E-state index is 14.0. The first-order valence-corrected chi connectivity index (χ1v) is 12.3. The lowest BCUT2D eigenvalue weighted by Crippen LogP contribution is -2.49. The van der Waals surface area contributed by atoms with Crippen LogP contribution in [0.4, 0.5) is 4.39 Å². The molecule has 2 N–H and O–H groups in total. The van der Waals surface area contributed by atoms with Gasteiger partial charge in [0.15, 0.2) is 9.84 Å². The number of hydrogen-bond acceptors (Lipinski definition) is 7. The van der Waals surface area contributed by atoms with Crippen LogP contribution < -0.4 is 0 Å². The molecule has 1 saturated heterocycles. The van der Waals surface area contributed by atoms with Gasteiger partial charge in [-0.2, -0.15) is 9.57 Å². The second-order valence-corrected chi connectivity index (χ2v) is 11.7. The zero-order valence-electron chi connectivity index (χ0n) is 16.2.